The number of aliphatic carboxylic acids is 1. The summed E-state index contributed by atoms with van der Waals surface area (Å²) in [5.41, 5.74) is 2.04. The second-order valence-electron chi connectivity index (χ2n) is 6.61. The second kappa shape index (κ2) is 8.04. The van der Waals surface area contributed by atoms with Crippen molar-refractivity contribution in [3.05, 3.63) is 65.7 Å². The highest BCUT2D eigenvalue weighted by molar-refractivity contribution is 5.80. The molecule has 5 heteroatoms. The molecule has 2 atom stereocenters. The minimum Gasteiger partial charge on any atom is -0.497 e. The normalized spacial score (nSPS) is 19.3. The average molecular weight is 353 g/mol. The Morgan fingerprint density at radius 2 is 1.77 bits per heavy atom. The topological polar surface area (TPSA) is 66.8 Å². The van der Waals surface area contributed by atoms with Gasteiger partial charge in [0.1, 0.15) is 5.75 Å². The van der Waals surface area contributed by atoms with Crippen molar-refractivity contribution in [1.29, 1.82) is 0 Å². The van der Waals surface area contributed by atoms with Crippen LogP contribution in [-0.4, -0.2) is 42.1 Å². The van der Waals surface area contributed by atoms with Crippen molar-refractivity contribution in [2.24, 2.45) is 5.92 Å². The maximum atomic E-state index is 12.6. The van der Waals surface area contributed by atoms with Crippen LogP contribution < -0.4 is 4.74 Å². The van der Waals surface area contributed by atoms with Gasteiger partial charge in [-0.25, -0.2) is 0 Å². The van der Waals surface area contributed by atoms with Gasteiger partial charge in [0.05, 0.1) is 13.0 Å². The molecule has 2 aromatic rings. The van der Waals surface area contributed by atoms with Gasteiger partial charge in [0.15, 0.2) is 0 Å². The van der Waals surface area contributed by atoms with E-state index in [-0.39, 0.29) is 18.4 Å². The van der Waals surface area contributed by atoms with Crippen LogP contribution in [0.3, 0.4) is 0 Å². The molecule has 0 spiro atoms. The van der Waals surface area contributed by atoms with Crippen LogP contribution in [0.1, 0.15) is 23.5 Å². The summed E-state index contributed by atoms with van der Waals surface area (Å²) in [6.07, 6.45) is 1.06. The van der Waals surface area contributed by atoms with Gasteiger partial charge in [0.25, 0.3) is 0 Å². The molecule has 0 aromatic heterocycles. The Morgan fingerprint density at radius 3 is 2.38 bits per heavy atom. The van der Waals surface area contributed by atoms with Gasteiger partial charge in [-0.1, -0.05) is 42.5 Å². The molecule has 0 unspecified atom stereocenters. The van der Waals surface area contributed by atoms with Gasteiger partial charge < -0.3 is 14.7 Å². The van der Waals surface area contributed by atoms with E-state index in [0.29, 0.717) is 19.4 Å². The standard InChI is InChI=1S/C21H23NO4/c1-26-17-10-8-16(9-11-17)18-13-22(14-19(18)21(24)25)20(23)12-7-15-5-3-2-4-6-15/h2-6,8-11,18-19H,7,12-14H2,1H3,(H,24,25)/t18-,19+/m0/s1. The molecule has 1 heterocycles. The van der Waals surface area contributed by atoms with E-state index in [1.54, 1.807) is 12.0 Å². The lowest BCUT2D eigenvalue weighted by Gasteiger charge is -2.17. The molecule has 136 valence electrons. The summed E-state index contributed by atoms with van der Waals surface area (Å²) in [7, 11) is 1.60. The number of benzene rings is 2. The molecule has 0 bridgehead atoms. The molecule has 26 heavy (non-hydrogen) atoms. The quantitative estimate of drug-likeness (QED) is 0.867. The minimum absolute atomic E-state index is 0.0103. The van der Waals surface area contributed by atoms with Crippen molar-refractivity contribution in [3.63, 3.8) is 0 Å². The summed E-state index contributed by atoms with van der Waals surface area (Å²) in [6.45, 7) is 0.705. The first-order chi connectivity index (χ1) is 12.6. The molecule has 5 nitrogen and oxygen atoms in total. The number of likely N-dealkylation sites (tertiary alicyclic amines) is 1. The van der Waals surface area contributed by atoms with Gasteiger partial charge in [-0.05, 0) is 29.7 Å². The molecule has 1 aliphatic rings. The SMILES string of the molecule is COc1ccc([C@@H]2CN(C(=O)CCc3ccccc3)C[C@H]2C(=O)O)cc1. The van der Waals surface area contributed by atoms with Crippen LogP contribution in [0.25, 0.3) is 0 Å². The highest BCUT2D eigenvalue weighted by Crippen LogP contribution is 2.34. The molecule has 1 aliphatic heterocycles. The van der Waals surface area contributed by atoms with E-state index in [9.17, 15) is 14.7 Å². The number of amides is 1. The Hall–Kier alpha value is -2.82. The first kappa shape index (κ1) is 18.0. The molecule has 1 N–H and O–H groups in total. The molecule has 1 amide bonds. The van der Waals surface area contributed by atoms with Crippen LogP contribution in [0.2, 0.25) is 0 Å². The fourth-order valence-electron chi connectivity index (χ4n) is 3.50. The number of nitrogens with zero attached hydrogens (tertiary/aromatic N) is 1. The summed E-state index contributed by atoms with van der Waals surface area (Å²) in [4.78, 5) is 26.0. The van der Waals surface area contributed by atoms with Crippen molar-refractivity contribution >= 4 is 11.9 Å². The zero-order chi connectivity index (χ0) is 18.5. The van der Waals surface area contributed by atoms with Gasteiger partial charge in [-0.15, -0.1) is 0 Å². The van der Waals surface area contributed by atoms with Crippen LogP contribution in [0.15, 0.2) is 54.6 Å². The van der Waals surface area contributed by atoms with Gasteiger partial charge in [-0.3, -0.25) is 9.59 Å². The van der Waals surface area contributed by atoms with Crippen molar-refractivity contribution in [1.82, 2.24) is 4.90 Å². The fraction of sp³-hybridized carbons (Fsp3) is 0.333. The summed E-state index contributed by atoms with van der Waals surface area (Å²) in [6, 6.07) is 17.3. The smallest absolute Gasteiger partial charge is 0.308 e. The number of hydrogen-bond donors (Lipinski definition) is 1. The third kappa shape index (κ3) is 4.04. The van der Waals surface area contributed by atoms with Crippen molar-refractivity contribution in [2.45, 2.75) is 18.8 Å². The van der Waals surface area contributed by atoms with E-state index in [4.69, 9.17) is 4.74 Å². The number of carboxylic acid groups (broad SMARTS) is 1. The molecule has 1 fully saturated rings. The third-order valence-electron chi connectivity index (χ3n) is 5.00. The summed E-state index contributed by atoms with van der Waals surface area (Å²) >= 11 is 0. The van der Waals surface area contributed by atoms with Gasteiger partial charge in [-0.2, -0.15) is 0 Å². The number of aryl methyl sites for hydroxylation is 1. The van der Waals surface area contributed by atoms with Crippen LogP contribution in [-0.2, 0) is 16.0 Å². The second-order valence-corrected chi connectivity index (χ2v) is 6.61. The molecule has 2 aromatic carbocycles. The van der Waals surface area contributed by atoms with Crippen LogP contribution in [0.5, 0.6) is 5.75 Å². The number of rotatable bonds is 6. The molecule has 0 radical (unpaired) electrons. The first-order valence-electron chi connectivity index (χ1n) is 8.77. The average Bonchev–Trinajstić information content (AvgIpc) is 3.13. The molecular formula is C21H23NO4. The monoisotopic (exact) mass is 353 g/mol. The minimum atomic E-state index is -0.857. The number of ether oxygens (including phenoxy) is 1. The van der Waals surface area contributed by atoms with Crippen LogP contribution >= 0.6 is 0 Å². The summed E-state index contributed by atoms with van der Waals surface area (Å²) in [5, 5.41) is 9.59. The highest BCUT2D eigenvalue weighted by atomic mass is 16.5. The molecule has 0 saturated carbocycles. The third-order valence-corrected chi connectivity index (χ3v) is 5.00. The maximum Gasteiger partial charge on any atom is 0.308 e. The molecule has 1 saturated heterocycles. The van der Waals surface area contributed by atoms with Crippen LogP contribution in [0.4, 0.5) is 0 Å². The van der Waals surface area contributed by atoms with Gasteiger partial charge in [0, 0.05) is 25.4 Å². The number of carboxylic acids is 1. The van der Waals surface area contributed by atoms with Gasteiger partial charge in [0.2, 0.25) is 5.91 Å². The van der Waals surface area contributed by atoms with E-state index in [1.165, 1.54) is 0 Å². The Morgan fingerprint density at radius 1 is 1.08 bits per heavy atom. The molecule has 0 aliphatic carbocycles. The Bertz CT molecular complexity index is 757. The van der Waals surface area contributed by atoms with Crippen LogP contribution in [0, 0.1) is 5.92 Å². The largest absolute Gasteiger partial charge is 0.497 e. The predicted octanol–water partition coefficient (Wildman–Crippen LogP) is 2.95. The maximum absolute atomic E-state index is 12.6. The number of methoxy groups -OCH3 is 1. The highest BCUT2D eigenvalue weighted by Gasteiger charge is 2.40. The Kier molecular flexibility index (Phi) is 5.56. The molecule has 3 rings (SSSR count). The van der Waals surface area contributed by atoms with E-state index in [1.807, 2.05) is 54.6 Å². The van der Waals surface area contributed by atoms with Crippen molar-refractivity contribution in [2.75, 3.05) is 20.2 Å². The zero-order valence-corrected chi connectivity index (χ0v) is 14.8. The lowest BCUT2D eigenvalue weighted by Crippen LogP contribution is -2.30. The number of carbonyl (C=O) groups is 2. The number of hydrogen-bond acceptors (Lipinski definition) is 3. The lowest BCUT2D eigenvalue weighted by molar-refractivity contribution is -0.141. The number of carbonyl (C=O) groups excluding carboxylic acids is 1. The van der Waals surface area contributed by atoms with Gasteiger partial charge >= 0.3 is 5.97 Å². The lowest BCUT2D eigenvalue weighted by atomic mass is 9.89. The molecular weight excluding hydrogens is 330 g/mol. The van der Waals surface area contributed by atoms with Crippen molar-refractivity contribution in [3.8, 4) is 5.75 Å². The summed E-state index contributed by atoms with van der Waals surface area (Å²) < 4.78 is 5.16. The van der Waals surface area contributed by atoms with E-state index >= 15 is 0 Å². The predicted molar refractivity (Wildman–Crippen MR) is 98.2 cm³/mol. The van der Waals surface area contributed by atoms with Crippen molar-refractivity contribution < 1.29 is 19.4 Å². The Labute approximate surface area is 153 Å². The van der Waals surface area contributed by atoms with E-state index in [0.717, 1.165) is 16.9 Å². The fourth-order valence-corrected chi connectivity index (χ4v) is 3.50. The Balaban J connectivity index is 1.67. The first-order valence-corrected chi connectivity index (χ1v) is 8.77. The van der Waals surface area contributed by atoms with E-state index < -0.39 is 11.9 Å². The summed E-state index contributed by atoms with van der Waals surface area (Å²) in [5.74, 6) is -0.891. The van der Waals surface area contributed by atoms with E-state index in [2.05, 4.69) is 0 Å². The zero-order valence-electron chi connectivity index (χ0n) is 14.8.